The molecular weight excluding hydrogens is 260 g/mol. The van der Waals surface area contributed by atoms with E-state index in [0.29, 0.717) is 17.8 Å². The highest BCUT2D eigenvalue weighted by atomic mass is 16.5. The molecule has 0 aromatic heterocycles. The molecule has 2 aliphatic rings. The van der Waals surface area contributed by atoms with Crippen LogP contribution in [-0.4, -0.2) is 11.2 Å². The maximum atomic E-state index is 9.53. The largest absolute Gasteiger partial charge is 0.508 e. The van der Waals surface area contributed by atoms with Crippen molar-refractivity contribution in [2.45, 2.75) is 76.4 Å². The molecule has 1 N–H and O–H groups in total. The monoisotopic (exact) mass is 288 g/mol. The van der Waals surface area contributed by atoms with Gasteiger partial charge in [-0.15, -0.1) is 0 Å². The molecule has 2 saturated carbocycles. The summed E-state index contributed by atoms with van der Waals surface area (Å²) < 4.78 is 6.58. The maximum Gasteiger partial charge on any atom is 0.115 e. The fourth-order valence-corrected chi connectivity index (χ4v) is 3.97. The molecule has 0 spiro atoms. The summed E-state index contributed by atoms with van der Waals surface area (Å²) in [4.78, 5) is 0. The van der Waals surface area contributed by atoms with Crippen LogP contribution in [0.3, 0.4) is 0 Å². The molecule has 3 rings (SSSR count). The summed E-state index contributed by atoms with van der Waals surface area (Å²) in [6.07, 6.45) is 13.8. The Hall–Kier alpha value is -1.02. The van der Waals surface area contributed by atoms with Crippen molar-refractivity contribution in [2.75, 3.05) is 0 Å². The number of ether oxygens (including phenoxy) is 1. The Morgan fingerprint density at radius 2 is 1.38 bits per heavy atom. The van der Waals surface area contributed by atoms with Gasteiger partial charge in [-0.05, 0) is 49.3 Å². The van der Waals surface area contributed by atoms with Gasteiger partial charge in [-0.1, -0.05) is 50.7 Å². The lowest BCUT2D eigenvalue weighted by Gasteiger charge is -2.35. The lowest BCUT2D eigenvalue weighted by molar-refractivity contribution is -0.0667. The van der Waals surface area contributed by atoms with Crippen LogP contribution in [0.4, 0.5) is 0 Å². The van der Waals surface area contributed by atoms with Crippen molar-refractivity contribution in [1.82, 2.24) is 0 Å². The van der Waals surface area contributed by atoms with Gasteiger partial charge in [-0.25, -0.2) is 0 Å². The minimum absolute atomic E-state index is 0.231. The van der Waals surface area contributed by atoms with Crippen LogP contribution in [0.5, 0.6) is 5.75 Å². The highest BCUT2D eigenvalue weighted by molar-refractivity contribution is 5.27. The first-order valence-electron chi connectivity index (χ1n) is 8.77. The Bertz CT molecular complexity index is 414. The van der Waals surface area contributed by atoms with Gasteiger partial charge in [-0.3, -0.25) is 0 Å². The van der Waals surface area contributed by atoms with Gasteiger partial charge in [-0.2, -0.15) is 0 Å². The lowest BCUT2D eigenvalue weighted by Crippen LogP contribution is -2.26. The van der Waals surface area contributed by atoms with Crippen molar-refractivity contribution in [3.63, 3.8) is 0 Å². The highest BCUT2D eigenvalue weighted by Gasteiger charge is 2.29. The minimum atomic E-state index is 0.231. The Kier molecular flexibility index (Phi) is 5.18. The second-order valence-corrected chi connectivity index (χ2v) is 6.81. The third-order valence-electron chi connectivity index (χ3n) is 5.19. The normalized spacial score (nSPS) is 23.0. The fourth-order valence-electron chi connectivity index (χ4n) is 3.97. The molecule has 1 unspecified atom stereocenters. The zero-order valence-corrected chi connectivity index (χ0v) is 13.0. The van der Waals surface area contributed by atoms with Crippen molar-refractivity contribution in [1.29, 1.82) is 0 Å². The van der Waals surface area contributed by atoms with E-state index < -0.39 is 0 Å². The molecule has 2 fully saturated rings. The SMILES string of the molecule is Oc1ccc(C(OC2CCCCC2)C2CCCCC2)cc1. The number of phenolic OH excluding ortho intramolecular Hbond substituents is 1. The van der Waals surface area contributed by atoms with E-state index in [1.165, 1.54) is 69.8 Å². The van der Waals surface area contributed by atoms with E-state index in [-0.39, 0.29) is 6.10 Å². The molecule has 2 aliphatic carbocycles. The second-order valence-electron chi connectivity index (χ2n) is 6.81. The topological polar surface area (TPSA) is 29.5 Å². The number of hydrogen-bond acceptors (Lipinski definition) is 2. The summed E-state index contributed by atoms with van der Waals surface area (Å²) in [5.74, 6) is 1.00. The van der Waals surface area contributed by atoms with Gasteiger partial charge in [0.05, 0.1) is 12.2 Å². The van der Waals surface area contributed by atoms with Gasteiger partial charge in [0, 0.05) is 0 Å². The average molecular weight is 288 g/mol. The van der Waals surface area contributed by atoms with Gasteiger partial charge in [0.2, 0.25) is 0 Å². The molecule has 0 bridgehead atoms. The molecule has 0 radical (unpaired) electrons. The molecule has 0 heterocycles. The number of benzene rings is 1. The van der Waals surface area contributed by atoms with Gasteiger partial charge in [0.25, 0.3) is 0 Å². The van der Waals surface area contributed by atoms with Crippen molar-refractivity contribution < 1.29 is 9.84 Å². The Labute approximate surface area is 128 Å². The molecule has 2 heteroatoms. The summed E-state index contributed by atoms with van der Waals surface area (Å²) in [6, 6.07) is 7.71. The van der Waals surface area contributed by atoms with Crippen molar-refractivity contribution >= 4 is 0 Å². The van der Waals surface area contributed by atoms with Crippen LogP contribution < -0.4 is 0 Å². The van der Waals surface area contributed by atoms with Gasteiger partial charge in [0.1, 0.15) is 5.75 Å². The fraction of sp³-hybridized carbons (Fsp3) is 0.684. The Balaban J connectivity index is 1.74. The third-order valence-corrected chi connectivity index (χ3v) is 5.19. The van der Waals surface area contributed by atoms with E-state index >= 15 is 0 Å². The van der Waals surface area contributed by atoms with E-state index in [1.54, 1.807) is 12.1 Å². The van der Waals surface area contributed by atoms with Gasteiger partial charge < -0.3 is 9.84 Å². The number of rotatable bonds is 4. The molecule has 0 amide bonds. The van der Waals surface area contributed by atoms with Crippen LogP contribution in [0.2, 0.25) is 0 Å². The summed E-state index contributed by atoms with van der Waals surface area (Å²) in [6.45, 7) is 0. The highest BCUT2D eigenvalue weighted by Crippen LogP contribution is 2.39. The predicted octanol–water partition coefficient (Wildman–Crippen LogP) is 5.36. The molecule has 1 aromatic rings. The van der Waals surface area contributed by atoms with Crippen LogP contribution in [0, 0.1) is 5.92 Å². The predicted molar refractivity (Wildman–Crippen MR) is 85.4 cm³/mol. The van der Waals surface area contributed by atoms with E-state index in [9.17, 15) is 5.11 Å². The standard InChI is InChI=1S/C19H28O2/c20-17-13-11-16(12-14-17)19(15-7-3-1-4-8-15)21-18-9-5-2-6-10-18/h11-15,18-20H,1-10H2. The number of aromatic hydroxyl groups is 1. The Morgan fingerprint density at radius 3 is 2.00 bits per heavy atom. The lowest BCUT2D eigenvalue weighted by atomic mass is 9.82. The number of hydrogen-bond donors (Lipinski definition) is 1. The summed E-state index contributed by atoms with van der Waals surface area (Å²) in [5.41, 5.74) is 1.25. The Morgan fingerprint density at radius 1 is 0.810 bits per heavy atom. The average Bonchev–Trinajstić information content (AvgIpc) is 2.55. The first-order valence-corrected chi connectivity index (χ1v) is 8.77. The smallest absolute Gasteiger partial charge is 0.115 e. The summed E-state index contributed by atoms with van der Waals surface area (Å²) in [5, 5.41) is 9.53. The van der Waals surface area contributed by atoms with Gasteiger partial charge >= 0.3 is 0 Å². The van der Waals surface area contributed by atoms with E-state index in [1.807, 2.05) is 0 Å². The molecule has 1 aromatic carbocycles. The van der Waals surface area contributed by atoms with Crippen LogP contribution in [0.25, 0.3) is 0 Å². The van der Waals surface area contributed by atoms with Gasteiger partial charge in [0.15, 0.2) is 0 Å². The van der Waals surface area contributed by atoms with Crippen molar-refractivity contribution in [3.05, 3.63) is 29.8 Å². The molecule has 0 saturated heterocycles. The zero-order chi connectivity index (χ0) is 14.5. The van der Waals surface area contributed by atoms with Crippen LogP contribution in [0.1, 0.15) is 75.9 Å². The first-order chi connectivity index (χ1) is 10.3. The molecule has 0 aliphatic heterocycles. The molecule has 2 nitrogen and oxygen atoms in total. The summed E-state index contributed by atoms with van der Waals surface area (Å²) >= 11 is 0. The van der Waals surface area contributed by atoms with Crippen molar-refractivity contribution in [2.24, 2.45) is 5.92 Å². The van der Waals surface area contributed by atoms with E-state index in [4.69, 9.17) is 4.74 Å². The van der Waals surface area contributed by atoms with Crippen LogP contribution in [0.15, 0.2) is 24.3 Å². The first kappa shape index (κ1) is 14.9. The summed E-state index contributed by atoms with van der Waals surface area (Å²) in [7, 11) is 0. The van der Waals surface area contributed by atoms with E-state index in [0.717, 1.165) is 0 Å². The van der Waals surface area contributed by atoms with Crippen molar-refractivity contribution in [3.8, 4) is 5.75 Å². The molecular formula is C19H28O2. The molecule has 1 atom stereocenters. The van der Waals surface area contributed by atoms with E-state index in [2.05, 4.69) is 12.1 Å². The molecule has 116 valence electrons. The quantitative estimate of drug-likeness (QED) is 0.807. The maximum absolute atomic E-state index is 9.53. The third kappa shape index (κ3) is 4.00. The molecule has 21 heavy (non-hydrogen) atoms. The second kappa shape index (κ2) is 7.31. The van der Waals surface area contributed by atoms with Crippen LogP contribution in [-0.2, 0) is 4.74 Å². The zero-order valence-electron chi connectivity index (χ0n) is 13.0. The van der Waals surface area contributed by atoms with Crippen LogP contribution >= 0.6 is 0 Å². The number of phenols is 1. The minimum Gasteiger partial charge on any atom is -0.508 e.